The van der Waals surface area contributed by atoms with Crippen LogP contribution < -0.4 is 5.43 Å². The molecule has 0 unspecified atom stereocenters. The second kappa shape index (κ2) is 3.56. The summed E-state index contributed by atoms with van der Waals surface area (Å²) in [7, 11) is 0. The van der Waals surface area contributed by atoms with Gasteiger partial charge >= 0.3 is 0 Å². The van der Waals surface area contributed by atoms with Crippen LogP contribution in [0.1, 0.15) is 27.7 Å². The molecule has 1 amide bonds. The summed E-state index contributed by atoms with van der Waals surface area (Å²) < 4.78 is 0. The molecule has 1 heterocycles. The zero-order valence-corrected chi connectivity index (χ0v) is 11.6. The Morgan fingerprint density at radius 2 is 1.58 bits per heavy atom. The maximum Gasteiger partial charge on any atom is 0.245 e. The summed E-state index contributed by atoms with van der Waals surface area (Å²) >= 11 is 0. The van der Waals surface area contributed by atoms with E-state index in [0.717, 1.165) is 11.0 Å². The van der Waals surface area contributed by atoms with Crippen LogP contribution in [0, 0.1) is 16.7 Å². The quantitative estimate of drug-likeness (QED) is 0.898. The van der Waals surface area contributed by atoms with E-state index < -0.39 is 0 Å². The Morgan fingerprint density at radius 3 is 2.00 bits per heavy atom. The molecule has 0 spiro atoms. The second-order valence-electron chi connectivity index (χ2n) is 6.33. The van der Waals surface area contributed by atoms with Gasteiger partial charge in [-0.2, -0.15) is 0 Å². The van der Waals surface area contributed by atoms with Crippen LogP contribution in [0.2, 0.25) is 0 Å². The number of carbonyl (C=O) groups excluding carboxylic acids is 1. The molecule has 0 bridgehead atoms. The van der Waals surface area contributed by atoms with E-state index in [1.54, 1.807) is 0 Å². The van der Waals surface area contributed by atoms with Gasteiger partial charge in [-0.3, -0.25) is 4.79 Å². The van der Waals surface area contributed by atoms with Crippen molar-refractivity contribution in [2.45, 2.75) is 27.7 Å². The molecule has 1 saturated carbocycles. The number of rotatable bonds is 2. The lowest BCUT2D eigenvalue weighted by Crippen LogP contribution is -2.28. The molecular formula is C14H18N4O. The van der Waals surface area contributed by atoms with Crippen molar-refractivity contribution in [1.29, 1.82) is 0 Å². The number of nitrogens with zero attached hydrogens (tertiary/aromatic N) is 3. The van der Waals surface area contributed by atoms with Crippen molar-refractivity contribution in [3.05, 3.63) is 24.3 Å². The fraction of sp³-hybridized carbons (Fsp3) is 0.500. The van der Waals surface area contributed by atoms with E-state index in [0.29, 0.717) is 0 Å². The van der Waals surface area contributed by atoms with E-state index in [1.165, 1.54) is 4.91 Å². The van der Waals surface area contributed by atoms with Crippen LogP contribution in [-0.2, 0) is 4.79 Å². The van der Waals surface area contributed by atoms with Crippen molar-refractivity contribution in [3.63, 3.8) is 0 Å². The first-order chi connectivity index (χ1) is 8.84. The zero-order valence-electron chi connectivity index (χ0n) is 11.6. The van der Waals surface area contributed by atoms with E-state index in [9.17, 15) is 4.79 Å². The predicted molar refractivity (Wildman–Crippen MR) is 72.9 cm³/mol. The summed E-state index contributed by atoms with van der Waals surface area (Å²) in [6, 6.07) is 7.54. The highest BCUT2D eigenvalue weighted by Crippen LogP contribution is 2.68. The Bertz CT molecular complexity index is 609. The van der Waals surface area contributed by atoms with Crippen LogP contribution in [0.4, 0.5) is 0 Å². The van der Waals surface area contributed by atoms with Crippen molar-refractivity contribution in [1.82, 2.24) is 15.1 Å². The van der Waals surface area contributed by atoms with Crippen molar-refractivity contribution in [3.8, 4) is 0 Å². The molecule has 5 heteroatoms. The van der Waals surface area contributed by atoms with Crippen LogP contribution in [0.25, 0.3) is 11.0 Å². The minimum Gasteiger partial charge on any atom is -0.273 e. The SMILES string of the molecule is CC1(C)C(C(=O)Nn2nc3ccccc3n2)C1(C)C. The standard InChI is InChI=1S/C14H18N4O/c1-13(2)11(14(13,3)4)12(19)17-18-15-9-7-5-6-8-10(9)16-18/h5-8,11H,1-4H3,(H,17,19). The molecule has 1 aliphatic carbocycles. The van der Waals surface area contributed by atoms with Gasteiger partial charge in [0.15, 0.2) is 0 Å². The molecule has 0 aliphatic heterocycles. The number of hydrogen-bond donors (Lipinski definition) is 1. The first kappa shape index (κ1) is 12.1. The van der Waals surface area contributed by atoms with E-state index in [4.69, 9.17) is 0 Å². The molecule has 1 aromatic carbocycles. The molecule has 0 radical (unpaired) electrons. The van der Waals surface area contributed by atoms with E-state index in [-0.39, 0.29) is 22.7 Å². The summed E-state index contributed by atoms with van der Waals surface area (Å²) in [5, 5.41) is 8.46. The largest absolute Gasteiger partial charge is 0.273 e. The van der Waals surface area contributed by atoms with E-state index in [1.807, 2.05) is 24.3 Å². The van der Waals surface area contributed by atoms with Gasteiger partial charge in [0.05, 0.1) is 5.92 Å². The lowest BCUT2D eigenvalue weighted by atomic mass is 10.0. The van der Waals surface area contributed by atoms with Gasteiger partial charge in [0.25, 0.3) is 0 Å². The Morgan fingerprint density at radius 1 is 1.11 bits per heavy atom. The molecule has 0 saturated heterocycles. The molecule has 1 fully saturated rings. The summed E-state index contributed by atoms with van der Waals surface area (Å²) in [4.78, 5) is 13.5. The maximum absolute atomic E-state index is 12.3. The highest BCUT2D eigenvalue weighted by molar-refractivity contribution is 5.90. The molecule has 100 valence electrons. The van der Waals surface area contributed by atoms with Crippen LogP contribution in [0.15, 0.2) is 24.3 Å². The first-order valence-corrected chi connectivity index (χ1v) is 6.47. The van der Waals surface area contributed by atoms with Crippen LogP contribution >= 0.6 is 0 Å². The Hall–Kier alpha value is -1.91. The van der Waals surface area contributed by atoms with Crippen LogP contribution in [-0.4, -0.2) is 21.0 Å². The number of amides is 1. The Kier molecular flexibility index (Phi) is 2.27. The fourth-order valence-corrected chi connectivity index (χ4v) is 2.92. The van der Waals surface area contributed by atoms with Crippen molar-refractivity contribution < 1.29 is 4.79 Å². The highest BCUT2D eigenvalue weighted by Gasteiger charge is 2.68. The van der Waals surface area contributed by atoms with Crippen LogP contribution in [0.5, 0.6) is 0 Å². The monoisotopic (exact) mass is 258 g/mol. The lowest BCUT2D eigenvalue weighted by Gasteiger charge is -2.03. The maximum atomic E-state index is 12.3. The van der Waals surface area contributed by atoms with Gasteiger partial charge < -0.3 is 0 Å². The Balaban J connectivity index is 1.81. The van der Waals surface area contributed by atoms with Gasteiger partial charge in [-0.25, -0.2) is 5.43 Å². The zero-order chi connectivity index (χ0) is 13.8. The molecule has 1 aromatic heterocycles. The summed E-state index contributed by atoms with van der Waals surface area (Å²) in [6.07, 6.45) is 0. The second-order valence-corrected chi connectivity index (χ2v) is 6.33. The molecule has 1 aliphatic rings. The molecular weight excluding hydrogens is 240 g/mol. The van der Waals surface area contributed by atoms with Gasteiger partial charge in [-0.1, -0.05) is 44.7 Å². The van der Waals surface area contributed by atoms with E-state index >= 15 is 0 Å². The number of nitrogens with one attached hydrogen (secondary N) is 1. The lowest BCUT2D eigenvalue weighted by molar-refractivity contribution is -0.119. The van der Waals surface area contributed by atoms with Crippen molar-refractivity contribution in [2.24, 2.45) is 16.7 Å². The van der Waals surface area contributed by atoms with Gasteiger partial charge in [-0.05, 0) is 23.0 Å². The number of benzene rings is 1. The number of carbonyl (C=O) groups is 1. The number of fused-ring (bicyclic) bond motifs is 1. The minimum atomic E-state index is -0.0182. The third-order valence-corrected chi connectivity index (χ3v) is 4.78. The first-order valence-electron chi connectivity index (χ1n) is 6.47. The fourth-order valence-electron chi connectivity index (χ4n) is 2.92. The highest BCUT2D eigenvalue weighted by atomic mass is 16.2. The molecule has 2 aromatic rings. The van der Waals surface area contributed by atoms with Crippen molar-refractivity contribution in [2.75, 3.05) is 5.43 Å². The van der Waals surface area contributed by atoms with Gasteiger partial charge in [0, 0.05) is 0 Å². The average Bonchev–Trinajstić information content (AvgIpc) is 2.61. The van der Waals surface area contributed by atoms with Gasteiger partial charge in [-0.15, -0.1) is 10.2 Å². The summed E-state index contributed by atoms with van der Waals surface area (Å²) in [6.45, 7) is 8.46. The van der Waals surface area contributed by atoms with Crippen LogP contribution in [0.3, 0.4) is 0 Å². The normalized spacial score (nSPS) is 20.4. The average molecular weight is 258 g/mol. The number of hydrogen-bond acceptors (Lipinski definition) is 3. The van der Waals surface area contributed by atoms with Crippen molar-refractivity contribution >= 4 is 16.9 Å². The predicted octanol–water partition coefficient (Wildman–Crippen LogP) is 2.18. The molecule has 5 nitrogen and oxygen atoms in total. The topological polar surface area (TPSA) is 59.8 Å². The Labute approximate surface area is 112 Å². The molecule has 0 atom stereocenters. The molecule has 1 N–H and O–H groups in total. The third kappa shape index (κ3) is 1.64. The number of aromatic nitrogens is 3. The summed E-state index contributed by atoms with van der Waals surface area (Å²) in [5.41, 5.74) is 4.35. The third-order valence-electron chi connectivity index (χ3n) is 4.78. The van der Waals surface area contributed by atoms with E-state index in [2.05, 4.69) is 43.3 Å². The van der Waals surface area contributed by atoms with Gasteiger partial charge in [0.1, 0.15) is 11.0 Å². The smallest absolute Gasteiger partial charge is 0.245 e. The molecule has 3 rings (SSSR count). The molecule has 19 heavy (non-hydrogen) atoms. The summed E-state index contributed by atoms with van der Waals surface area (Å²) in [5.74, 6) is -0.0237. The van der Waals surface area contributed by atoms with Gasteiger partial charge in [0.2, 0.25) is 5.91 Å². The minimum absolute atomic E-state index is 0.00545.